The zero-order chi connectivity index (χ0) is 21.2. The third-order valence-electron chi connectivity index (χ3n) is 4.53. The van der Waals surface area contributed by atoms with Gasteiger partial charge in [0.05, 0.1) is 33.5 Å². The third-order valence-corrected chi connectivity index (χ3v) is 4.53. The highest BCUT2D eigenvalue weighted by Gasteiger charge is 2.15. The fraction of sp³-hybridized carbons (Fsp3) is 0.435. The van der Waals surface area contributed by atoms with E-state index >= 15 is 0 Å². The van der Waals surface area contributed by atoms with Crippen molar-refractivity contribution in [1.82, 2.24) is 5.32 Å². The molecule has 1 amide bonds. The van der Waals surface area contributed by atoms with Gasteiger partial charge in [-0.05, 0) is 63.1 Å². The highest BCUT2D eigenvalue weighted by atomic mass is 16.5. The first-order chi connectivity index (χ1) is 14.0. The lowest BCUT2D eigenvalue weighted by Crippen LogP contribution is -2.27. The van der Waals surface area contributed by atoms with Crippen LogP contribution in [0.2, 0.25) is 0 Å². The molecule has 0 aromatic heterocycles. The molecular weight excluding hydrogens is 370 g/mol. The minimum atomic E-state index is -0.202. The summed E-state index contributed by atoms with van der Waals surface area (Å²) in [4.78, 5) is 12.5. The number of carbonyl (C=O) groups excluding carboxylic acids is 1. The van der Waals surface area contributed by atoms with E-state index in [-0.39, 0.29) is 11.9 Å². The van der Waals surface area contributed by atoms with Crippen LogP contribution in [-0.4, -0.2) is 33.3 Å². The summed E-state index contributed by atoms with van der Waals surface area (Å²) in [7, 11) is 3.23. The molecule has 0 saturated carbocycles. The van der Waals surface area contributed by atoms with Crippen molar-refractivity contribution < 1.29 is 23.7 Å². The second kappa shape index (κ2) is 11.2. The summed E-state index contributed by atoms with van der Waals surface area (Å²) in [5.41, 5.74) is 1.90. The number of nitrogens with one attached hydrogen (secondary N) is 1. The molecule has 158 valence electrons. The van der Waals surface area contributed by atoms with E-state index in [4.69, 9.17) is 18.9 Å². The summed E-state index contributed by atoms with van der Waals surface area (Å²) in [6.45, 7) is 6.94. The summed E-state index contributed by atoms with van der Waals surface area (Å²) in [6.07, 6.45) is 0.983. The molecule has 0 heterocycles. The molecule has 6 nitrogen and oxygen atoms in total. The third kappa shape index (κ3) is 6.31. The molecule has 0 fully saturated rings. The lowest BCUT2D eigenvalue weighted by atomic mass is 10.1. The second-order valence-electron chi connectivity index (χ2n) is 6.54. The van der Waals surface area contributed by atoms with Crippen molar-refractivity contribution in [1.29, 1.82) is 0 Å². The minimum Gasteiger partial charge on any atom is -0.497 e. The van der Waals surface area contributed by atoms with Gasteiger partial charge >= 0.3 is 0 Å². The van der Waals surface area contributed by atoms with Gasteiger partial charge in [0, 0.05) is 12.0 Å². The first-order valence-electron chi connectivity index (χ1n) is 9.92. The number of hydrogen-bond donors (Lipinski definition) is 1. The quantitative estimate of drug-likeness (QED) is 0.608. The van der Waals surface area contributed by atoms with Crippen LogP contribution in [0.25, 0.3) is 0 Å². The van der Waals surface area contributed by atoms with Crippen molar-refractivity contribution in [2.45, 2.75) is 39.7 Å². The summed E-state index contributed by atoms with van der Waals surface area (Å²) in [5, 5.41) is 3.03. The van der Waals surface area contributed by atoms with Gasteiger partial charge in [-0.3, -0.25) is 4.79 Å². The number of ether oxygens (including phenoxy) is 4. The Morgan fingerprint density at radius 2 is 1.62 bits per heavy atom. The van der Waals surface area contributed by atoms with Crippen molar-refractivity contribution in [3.63, 3.8) is 0 Å². The summed E-state index contributed by atoms with van der Waals surface area (Å²) in [6, 6.07) is 11.2. The number of amides is 1. The summed E-state index contributed by atoms with van der Waals surface area (Å²) < 4.78 is 21.9. The molecule has 2 rings (SSSR count). The van der Waals surface area contributed by atoms with Crippen LogP contribution in [0.1, 0.15) is 44.4 Å². The largest absolute Gasteiger partial charge is 0.497 e. The standard InChI is InChI=1S/C23H31NO5/c1-6-28-21-11-8-17(14-22(21)29-7-2)9-13-23(25)24-16(3)19-15-18(26-4)10-12-20(19)27-5/h8,10-12,14-16H,6-7,9,13H2,1-5H3,(H,24,25)/t16-/m0/s1. The number of carbonyl (C=O) groups is 1. The van der Waals surface area contributed by atoms with Crippen molar-refractivity contribution in [3.8, 4) is 23.0 Å². The molecule has 0 spiro atoms. The molecule has 0 unspecified atom stereocenters. The molecule has 0 radical (unpaired) electrons. The molecule has 0 aliphatic heterocycles. The van der Waals surface area contributed by atoms with E-state index in [0.717, 1.165) is 22.6 Å². The Kier molecular flexibility index (Phi) is 8.65. The predicted molar refractivity (Wildman–Crippen MR) is 113 cm³/mol. The van der Waals surface area contributed by atoms with Gasteiger partial charge < -0.3 is 24.3 Å². The molecule has 1 N–H and O–H groups in total. The molecule has 2 aromatic carbocycles. The molecule has 6 heteroatoms. The van der Waals surface area contributed by atoms with Crippen LogP contribution in [0, 0.1) is 0 Å². The van der Waals surface area contributed by atoms with Crippen molar-refractivity contribution in [3.05, 3.63) is 47.5 Å². The van der Waals surface area contributed by atoms with Gasteiger partial charge in [-0.1, -0.05) is 6.07 Å². The topological polar surface area (TPSA) is 66.0 Å². The van der Waals surface area contributed by atoms with Crippen LogP contribution >= 0.6 is 0 Å². The monoisotopic (exact) mass is 401 g/mol. The van der Waals surface area contributed by atoms with Crippen LogP contribution < -0.4 is 24.3 Å². The first kappa shape index (κ1) is 22.4. The van der Waals surface area contributed by atoms with E-state index in [0.29, 0.717) is 37.6 Å². The van der Waals surface area contributed by atoms with Gasteiger partial charge in [0.2, 0.25) is 5.91 Å². The zero-order valence-electron chi connectivity index (χ0n) is 17.9. The van der Waals surface area contributed by atoms with Gasteiger partial charge in [-0.25, -0.2) is 0 Å². The van der Waals surface area contributed by atoms with Gasteiger partial charge in [0.15, 0.2) is 11.5 Å². The Labute approximate surface area is 173 Å². The first-order valence-corrected chi connectivity index (χ1v) is 9.92. The maximum atomic E-state index is 12.5. The normalized spacial score (nSPS) is 11.5. The average molecular weight is 402 g/mol. The fourth-order valence-electron chi connectivity index (χ4n) is 3.08. The van der Waals surface area contributed by atoms with Crippen LogP contribution in [0.4, 0.5) is 0 Å². The Morgan fingerprint density at radius 1 is 0.931 bits per heavy atom. The fourth-order valence-corrected chi connectivity index (χ4v) is 3.08. The molecule has 0 aliphatic rings. The van der Waals surface area contributed by atoms with Crippen molar-refractivity contribution in [2.75, 3.05) is 27.4 Å². The lowest BCUT2D eigenvalue weighted by molar-refractivity contribution is -0.121. The van der Waals surface area contributed by atoms with E-state index in [1.54, 1.807) is 14.2 Å². The lowest BCUT2D eigenvalue weighted by Gasteiger charge is -2.18. The Balaban J connectivity index is 2.00. The average Bonchev–Trinajstić information content (AvgIpc) is 2.73. The van der Waals surface area contributed by atoms with E-state index in [1.807, 2.05) is 57.2 Å². The molecule has 0 bridgehead atoms. The summed E-state index contributed by atoms with van der Waals surface area (Å²) >= 11 is 0. The van der Waals surface area contributed by atoms with Crippen LogP contribution in [0.15, 0.2) is 36.4 Å². The summed E-state index contributed by atoms with van der Waals surface area (Å²) in [5.74, 6) is 2.84. The van der Waals surface area contributed by atoms with Gasteiger partial charge in [-0.15, -0.1) is 0 Å². The van der Waals surface area contributed by atoms with Gasteiger partial charge in [-0.2, -0.15) is 0 Å². The Morgan fingerprint density at radius 3 is 2.28 bits per heavy atom. The predicted octanol–water partition coefficient (Wildman–Crippen LogP) is 4.31. The number of methoxy groups -OCH3 is 2. The smallest absolute Gasteiger partial charge is 0.220 e. The van der Waals surface area contributed by atoms with E-state index < -0.39 is 0 Å². The SMILES string of the molecule is CCOc1ccc(CCC(=O)N[C@@H](C)c2cc(OC)ccc2OC)cc1OCC. The molecule has 29 heavy (non-hydrogen) atoms. The van der Waals surface area contributed by atoms with Gasteiger partial charge in [0.25, 0.3) is 0 Å². The minimum absolute atomic E-state index is 0.0331. The molecular formula is C23H31NO5. The highest BCUT2D eigenvalue weighted by molar-refractivity contribution is 5.77. The van der Waals surface area contributed by atoms with Gasteiger partial charge in [0.1, 0.15) is 11.5 Å². The number of rotatable bonds is 11. The number of aryl methyl sites for hydroxylation is 1. The number of hydrogen-bond acceptors (Lipinski definition) is 5. The van der Waals surface area contributed by atoms with E-state index in [1.165, 1.54) is 0 Å². The second-order valence-corrected chi connectivity index (χ2v) is 6.54. The van der Waals surface area contributed by atoms with Crippen molar-refractivity contribution in [2.24, 2.45) is 0 Å². The molecule has 0 aliphatic carbocycles. The molecule has 0 saturated heterocycles. The van der Waals surface area contributed by atoms with E-state index in [2.05, 4.69) is 5.32 Å². The molecule has 1 atom stereocenters. The maximum Gasteiger partial charge on any atom is 0.220 e. The number of benzene rings is 2. The highest BCUT2D eigenvalue weighted by Crippen LogP contribution is 2.30. The van der Waals surface area contributed by atoms with Crippen LogP contribution in [0.3, 0.4) is 0 Å². The van der Waals surface area contributed by atoms with Crippen molar-refractivity contribution >= 4 is 5.91 Å². The Bertz CT molecular complexity index is 806. The van der Waals surface area contributed by atoms with E-state index in [9.17, 15) is 4.79 Å². The van der Waals surface area contributed by atoms with Crippen LogP contribution in [0.5, 0.6) is 23.0 Å². The molecule has 2 aromatic rings. The maximum absolute atomic E-state index is 12.5. The Hall–Kier alpha value is -2.89. The zero-order valence-corrected chi connectivity index (χ0v) is 17.9. The van der Waals surface area contributed by atoms with Crippen LogP contribution in [-0.2, 0) is 11.2 Å².